The van der Waals surface area contributed by atoms with Gasteiger partial charge in [0.15, 0.2) is 0 Å². The first-order valence-electron chi connectivity index (χ1n) is 21.3. The fraction of sp³-hybridized carbons (Fsp3) is 0.420. The third kappa shape index (κ3) is 9.47. The van der Waals surface area contributed by atoms with Crippen LogP contribution in [0.4, 0.5) is 0 Å². The summed E-state index contributed by atoms with van der Waals surface area (Å²) in [5.74, 6) is 0. The summed E-state index contributed by atoms with van der Waals surface area (Å²) in [5, 5.41) is 21.8. The zero-order chi connectivity index (χ0) is 38.7. The number of hydroxylamine groups is 6. The van der Waals surface area contributed by atoms with Gasteiger partial charge in [0.05, 0.1) is 11.4 Å². The van der Waals surface area contributed by atoms with Gasteiger partial charge in [-0.3, -0.25) is 0 Å². The van der Waals surface area contributed by atoms with Crippen LogP contribution < -0.4 is 0 Å². The molecule has 6 rings (SSSR count). The summed E-state index contributed by atoms with van der Waals surface area (Å²) >= 11 is 0. The van der Waals surface area contributed by atoms with Crippen LogP contribution in [0.1, 0.15) is 103 Å². The Balaban J connectivity index is 1.35. The molecular formula is C50H65N3O2+2. The Hall–Kier alpha value is -4.13. The van der Waals surface area contributed by atoms with E-state index >= 15 is 0 Å². The van der Waals surface area contributed by atoms with Gasteiger partial charge in [0.25, 0.3) is 0 Å². The molecule has 0 unspecified atom stereocenters. The molecule has 0 amide bonds. The molecular weight excluding hydrogens is 675 g/mol. The van der Waals surface area contributed by atoms with E-state index in [2.05, 4.69) is 143 Å². The van der Waals surface area contributed by atoms with E-state index in [0.717, 1.165) is 120 Å². The Labute approximate surface area is 331 Å². The molecule has 290 valence electrons. The number of pyridine rings is 1. The second kappa shape index (κ2) is 18.7. The smallest absolute Gasteiger partial charge is 0.109 e. The lowest BCUT2D eigenvalue weighted by molar-refractivity contribution is -1.10. The highest BCUT2D eigenvalue weighted by Crippen LogP contribution is 2.55. The lowest BCUT2D eigenvalue weighted by Gasteiger charge is -2.33. The topological polar surface area (TPSA) is 53.4 Å². The van der Waals surface area contributed by atoms with Crippen LogP contribution >= 0.6 is 0 Å². The summed E-state index contributed by atoms with van der Waals surface area (Å²) in [6, 6.07) is 42.1. The number of quaternary nitrogens is 2. The van der Waals surface area contributed by atoms with Crippen molar-refractivity contribution in [2.75, 3.05) is 39.3 Å². The standard InChI is InChI=1S/C50H65N3O2/c1-5-52(54,6-2)36-21-11-9-19-34-50(35-20-10-12-22-37-53(55,7-3)8-4)46-38-42(40-24-15-13-16-25-40)30-32-44(46)45-33-31-43(39-47(45)50)49-29-23-28-48(51-49)41-26-17-14-18-27-41/h13-18,23-33,38-39,54-55H,5-12,19-22,34-37H2,1-4H3/q+2. The molecule has 0 spiro atoms. The number of benzene rings is 4. The fourth-order valence-electron chi connectivity index (χ4n) is 8.95. The van der Waals surface area contributed by atoms with E-state index in [9.17, 15) is 10.4 Å². The number of hydrogen-bond acceptors (Lipinski definition) is 3. The maximum atomic E-state index is 10.9. The van der Waals surface area contributed by atoms with Crippen molar-refractivity contribution in [3.63, 3.8) is 0 Å². The third-order valence-corrected chi connectivity index (χ3v) is 12.8. The van der Waals surface area contributed by atoms with Crippen LogP contribution in [-0.4, -0.2) is 64.0 Å². The quantitative estimate of drug-likeness (QED) is 0.0448. The van der Waals surface area contributed by atoms with Crippen LogP contribution in [0.2, 0.25) is 0 Å². The molecule has 0 atom stereocenters. The van der Waals surface area contributed by atoms with Crippen molar-refractivity contribution in [1.29, 1.82) is 0 Å². The predicted molar refractivity (Wildman–Crippen MR) is 229 cm³/mol. The van der Waals surface area contributed by atoms with Crippen LogP contribution in [0, 0.1) is 0 Å². The van der Waals surface area contributed by atoms with Crippen molar-refractivity contribution in [2.45, 2.75) is 97.3 Å². The van der Waals surface area contributed by atoms with Gasteiger partial charge in [0.1, 0.15) is 39.3 Å². The van der Waals surface area contributed by atoms with Gasteiger partial charge in [0, 0.05) is 16.5 Å². The molecule has 0 aliphatic heterocycles. The first-order valence-corrected chi connectivity index (χ1v) is 21.3. The van der Waals surface area contributed by atoms with Gasteiger partial charge in [0.2, 0.25) is 0 Å². The number of fused-ring (bicyclic) bond motifs is 3. The Morgan fingerprint density at radius 3 is 1.38 bits per heavy atom. The maximum Gasteiger partial charge on any atom is 0.109 e. The van der Waals surface area contributed by atoms with Gasteiger partial charge in [-0.1, -0.05) is 117 Å². The predicted octanol–water partition coefficient (Wildman–Crippen LogP) is 12.7. The van der Waals surface area contributed by atoms with E-state index < -0.39 is 0 Å². The molecule has 2 N–H and O–H groups in total. The normalized spacial score (nSPS) is 13.5. The van der Waals surface area contributed by atoms with Gasteiger partial charge in [-0.25, -0.2) is 15.4 Å². The van der Waals surface area contributed by atoms with Crippen molar-refractivity contribution in [2.24, 2.45) is 0 Å². The van der Waals surface area contributed by atoms with Crippen molar-refractivity contribution >= 4 is 0 Å². The lowest BCUT2D eigenvalue weighted by Crippen LogP contribution is -2.44. The third-order valence-electron chi connectivity index (χ3n) is 12.8. The largest absolute Gasteiger partial charge is 0.248 e. The Morgan fingerprint density at radius 2 is 0.873 bits per heavy atom. The van der Waals surface area contributed by atoms with E-state index in [0.29, 0.717) is 0 Å². The second-order valence-corrected chi connectivity index (χ2v) is 16.0. The van der Waals surface area contributed by atoms with Crippen LogP contribution in [0.25, 0.3) is 44.8 Å². The van der Waals surface area contributed by atoms with Crippen molar-refractivity contribution in [3.8, 4) is 44.8 Å². The summed E-state index contributed by atoms with van der Waals surface area (Å²) < 4.78 is 0.337. The highest BCUT2D eigenvalue weighted by atomic mass is 16.5. The lowest BCUT2D eigenvalue weighted by atomic mass is 9.70. The van der Waals surface area contributed by atoms with Gasteiger partial charge >= 0.3 is 0 Å². The molecule has 0 radical (unpaired) electrons. The van der Waals surface area contributed by atoms with Crippen LogP contribution in [0.3, 0.4) is 0 Å². The number of hydrogen-bond donors (Lipinski definition) is 2. The second-order valence-electron chi connectivity index (χ2n) is 16.0. The van der Waals surface area contributed by atoms with E-state index in [1.807, 2.05) is 0 Å². The minimum Gasteiger partial charge on any atom is -0.248 e. The van der Waals surface area contributed by atoms with Gasteiger partial charge in [-0.15, -0.1) is 0 Å². The fourth-order valence-corrected chi connectivity index (χ4v) is 8.95. The van der Waals surface area contributed by atoms with Gasteiger partial charge in [-0.05, 0) is 124 Å². The molecule has 1 aliphatic rings. The highest BCUT2D eigenvalue weighted by Gasteiger charge is 2.42. The minimum atomic E-state index is -0.115. The van der Waals surface area contributed by atoms with Gasteiger partial charge < -0.3 is 0 Å². The minimum absolute atomic E-state index is 0.115. The molecule has 55 heavy (non-hydrogen) atoms. The summed E-state index contributed by atoms with van der Waals surface area (Å²) in [4.78, 5) is 5.20. The summed E-state index contributed by atoms with van der Waals surface area (Å²) in [6.45, 7) is 13.0. The first kappa shape index (κ1) is 40.5. The molecule has 4 aromatic carbocycles. The number of rotatable bonds is 21. The number of aromatic nitrogens is 1. The highest BCUT2D eigenvalue weighted by molar-refractivity contribution is 5.86. The average molecular weight is 740 g/mol. The monoisotopic (exact) mass is 740 g/mol. The summed E-state index contributed by atoms with van der Waals surface area (Å²) in [5.41, 5.74) is 12.4. The molecule has 0 saturated carbocycles. The number of nitrogens with zero attached hydrogens (tertiary/aromatic N) is 3. The molecule has 0 bridgehead atoms. The van der Waals surface area contributed by atoms with Crippen molar-refractivity contribution in [3.05, 3.63) is 126 Å². The molecule has 0 fully saturated rings. The molecule has 1 aromatic heterocycles. The van der Waals surface area contributed by atoms with Crippen LogP contribution in [0.15, 0.2) is 115 Å². The molecule has 0 saturated heterocycles. The molecule has 5 nitrogen and oxygen atoms in total. The molecule has 1 aliphatic carbocycles. The molecule has 5 aromatic rings. The zero-order valence-electron chi connectivity index (χ0n) is 34.0. The SMILES string of the molecule is CC[N+](O)(CC)CCCCCCC1(CCCCCC[N+](O)(CC)CC)c2cc(-c3ccccc3)ccc2-c2ccc(-c3cccc(-c4ccccc4)n3)cc21. The van der Waals surface area contributed by atoms with E-state index in [-0.39, 0.29) is 14.7 Å². The van der Waals surface area contributed by atoms with Crippen molar-refractivity contribution < 1.29 is 19.7 Å². The Kier molecular flexibility index (Phi) is 13.8. The molecule has 5 heteroatoms. The Morgan fingerprint density at radius 1 is 0.436 bits per heavy atom. The van der Waals surface area contributed by atoms with Crippen molar-refractivity contribution in [1.82, 2.24) is 4.98 Å². The first-order chi connectivity index (χ1) is 26.8. The Bertz CT molecular complexity index is 1920. The average Bonchev–Trinajstić information content (AvgIpc) is 3.51. The maximum absolute atomic E-state index is 10.9. The molecule has 1 heterocycles. The van der Waals surface area contributed by atoms with E-state index in [1.165, 1.54) is 38.9 Å². The van der Waals surface area contributed by atoms with Gasteiger partial charge in [-0.2, -0.15) is 9.29 Å². The summed E-state index contributed by atoms with van der Waals surface area (Å²) in [6.07, 6.45) is 11.1. The van der Waals surface area contributed by atoms with E-state index in [4.69, 9.17) is 4.98 Å². The number of unbranched alkanes of at least 4 members (excludes halogenated alkanes) is 6. The van der Waals surface area contributed by atoms with E-state index in [1.54, 1.807) is 0 Å². The van der Waals surface area contributed by atoms with Crippen LogP contribution in [0.5, 0.6) is 0 Å². The zero-order valence-corrected chi connectivity index (χ0v) is 34.0. The van der Waals surface area contributed by atoms with Crippen LogP contribution in [-0.2, 0) is 5.41 Å². The summed E-state index contributed by atoms with van der Waals surface area (Å²) in [7, 11) is 0.